The van der Waals surface area contributed by atoms with E-state index in [-0.39, 0.29) is 11.6 Å². The van der Waals surface area contributed by atoms with E-state index in [9.17, 15) is 13.2 Å². The molecule has 1 aromatic rings. The second kappa shape index (κ2) is 6.79. The summed E-state index contributed by atoms with van der Waals surface area (Å²) in [5, 5.41) is 3.39. The van der Waals surface area contributed by atoms with Crippen molar-refractivity contribution in [2.75, 3.05) is 20.6 Å². The molecule has 0 heterocycles. The summed E-state index contributed by atoms with van der Waals surface area (Å²) in [5.74, 6) is 0. The molecule has 120 valence electrons. The van der Waals surface area contributed by atoms with Crippen molar-refractivity contribution in [1.82, 2.24) is 10.2 Å². The van der Waals surface area contributed by atoms with Gasteiger partial charge in [0, 0.05) is 11.6 Å². The zero-order valence-electron chi connectivity index (χ0n) is 13.4. The van der Waals surface area contributed by atoms with E-state index < -0.39 is 11.7 Å². The largest absolute Gasteiger partial charge is 0.416 e. The minimum absolute atomic E-state index is 0.0704. The molecule has 1 unspecified atom stereocenters. The maximum Gasteiger partial charge on any atom is 0.416 e. The lowest BCUT2D eigenvalue weighted by atomic mass is 9.87. The molecule has 0 bridgehead atoms. The van der Waals surface area contributed by atoms with Gasteiger partial charge < -0.3 is 10.2 Å². The lowest BCUT2D eigenvalue weighted by molar-refractivity contribution is -0.137. The number of hydrogen-bond donors (Lipinski definition) is 1. The van der Waals surface area contributed by atoms with E-state index in [4.69, 9.17) is 0 Å². The first-order chi connectivity index (χ1) is 9.59. The van der Waals surface area contributed by atoms with Crippen molar-refractivity contribution in [2.24, 2.45) is 0 Å². The third kappa shape index (κ3) is 4.71. The van der Waals surface area contributed by atoms with E-state index in [0.717, 1.165) is 12.6 Å². The number of halogens is 3. The van der Waals surface area contributed by atoms with Crippen LogP contribution in [-0.4, -0.2) is 37.1 Å². The number of nitrogens with zero attached hydrogens (tertiary/aromatic N) is 1. The van der Waals surface area contributed by atoms with Crippen LogP contribution in [0.4, 0.5) is 13.2 Å². The van der Waals surface area contributed by atoms with Crippen molar-refractivity contribution in [3.8, 4) is 0 Å². The quantitative estimate of drug-likeness (QED) is 0.864. The maximum atomic E-state index is 12.8. The lowest BCUT2D eigenvalue weighted by Crippen LogP contribution is -2.56. The zero-order valence-corrected chi connectivity index (χ0v) is 13.4. The molecule has 0 amide bonds. The van der Waals surface area contributed by atoms with E-state index in [2.05, 4.69) is 24.1 Å². The maximum absolute atomic E-state index is 12.8. The van der Waals surface area contributed by atoms with E-state index in [1.807, 2.05) is 21.0 Å². The average Bonchev–Trinajstić information content (AvgIpc) is 2.37. The molecule has 21 heavy (non-hydrogen) atoms. The molecule has 0 radical (unpaired) electrons. The number of likely N-dealkylation sites (N-methyl/N-ethyl adjacent to an activating group) is 2. The highest BCUT2D eigenvalue weighted by atomic mass is 19.4. The Kier molecular flexibility index (Phi) is 5.82. The third-order valence-corrected chi connectivity index (χ3v) is 4.15. The Hall–Kier alpha value is -1.07. The third-order valence-electron chi connectivity index (χ3n) is 4.15. The number of alkyl halides is 3. The van der Waals surface area contributed by atoms with E-state index in [0.29, 0.717) is 12.0 Å². The van der Waals surface area contributed by atoms with Gasteiger partial charge in [0.05, 0.1) is 5.56 Å². The minimum Gasteiger partial charge on any atom is -0.312 e. The predicted octanol–water partition coefficient (Wildman–Crippen LogP) is 3.57. The Labute approximate surface area is 125 Å². The fourth-order valence-electron chi connectivity index (χ4n) is 2.24. The molecule has 5 heteroatoms. The van der Waals surface area contributed by atoms with Crippen LogP contribution in [0.25, 0.3) is 0 Å². The van der Waals surface area contributed by atoms with Crippen molar-refractivity contribution in [2.45, 2.75) is 44.9 Å². The number of rotatable bonds is 6. The van der Waals surface area contributed by atoms with Crippen molar-refractivity contribution >= 4 is 0 Å². The van der Waals surface area contributed by atoms with Gasteiger partial charge in [-0.2, -0.15) is 13.2 Å². The predicted molar refractivity (Wildman–Crippen MR) is 80.4 cm³/mol. The summed E-state index contributed by atoms with van der Waals surface area (Å²) >= 11 is 0. The Morgan fingerprint density at radius 3 is 2.29 bits per heavy atom. The van der Waals surface area contributed by atoms with E-state index in [1.54, 1.807) is 6.07 Å². The minimum atomic E-state index is -4.29. The molecule has 0 spiro atoms. The normalized spacial score (nSPS) is 14.5. The molecule has 0 saturated heterocycles. The fourth-order valence-corrected chi connectivity index (χ4v) is 2.24. The van der Waals surface area contributed by atoms with E-state index >= 15 is 0 Å². The average molecular weight is 302 g/mol. The zero-order chi connectivity index (χ0) is 16.3. The van der Waals surface area contributed by atoms with Gasteiger partial charge in [-0.25, -0.2) is 0 Å². The Morgan fingerprint density at radius 2 is 1.81 bits per heavy atom. The summed E-state index contributed by atoms with van der Waals surface area (Å²) in [6, 6.07) is 5.66. The molecule has 1 aromatic carbocycles. The molecule has 0 aromatic heterocycles. The molecular weight excluding hydrogens is 277 g/mol. The van der Waals surface area contributed by atoms with Crippen LogP contribution in [0, 0.1) is 0 Å². The Bertz CT molecular complexity index is 453. The van der Waals surface area contributed by atoms with Gasteiger partial charge in [0.1, 0.15) is 0 Å². The molecule has 0 aliphatic carbocycles. The molecule has 0 aliphatic heterocycles. The molecular formula is C16H25F3N2. The summed E-state index contributed by atoms with van der Waals surface area (Å²) in [5.41, 5.74) is -0.0480. The summed E-state index contributed by atoms with van der Waals surface area (Å²) in [6.45, 7) is 6.97. The smallest absolute Gasteiger partial charge is 0.312 e. The standard InChI is InChI=1S/C16H25F3N2/c1-6-20-14(15(2,3)21(4)5)11-12-8-7-9-13(10-12)16(17,18)19/h7-10,14,20H,6,11H2,1-5H3. The van der Waals surface area contributed by atoms with Crippen LogP contribution in [0.15, 0.2) is 24.3 Å². The topological polar surface area (TPSA) is 15.3 Å². The molecule has 0 aliphatic rings. The monoisotopic (exact) mass is 302 g/mol. The van der Waals surface area contributed by atoms with Crippen LogP contribution in [0.2, 0.25) is 0 Å². The Balaban J connectivity index is 3.00. The first-order valence-electron chi connectivity index (χ1n) is 7.16. The van der Waals surface area contributed by atoms with Crippen LogP contribution >= 0.6 is 0 Å². The molecule has 1 atom stereocenters. The Morgan fingerprint density at radius 1 is 1.19 bits per heavy atom. The highest BCUT2D eigenvalue weighted by Gasteiger charge is 2.33. The van der Waals surface area contributed by atoms with Crippen LogP contribution < -0.4 is 5.32 Å². The molecule has 2 nitrogen and oxygen atoms in total. The van der Waals surface area contributed by atoms with Gasteiger partial charge in [0.25, 0.3) is 0 Å². The van der Waals surface area contributed by atoms with Crippen molar-refractivity contribution in [1.29, 1.82) is 0 Å². The van der Waals surface area contributed by atoms with Crippen LogP contribution in [0.5, 0.6) is 0 Å². The highest BCUT2D eigenvalue weighted by Crippen LogP contribution is 2.30. The van der Waals surface area contributed by atoms with Crippen molar-refractivity contribution in [3.63, 3.8) is 0 Å². The van der Waals surface area contributed by atoms with Gasteiger partial charge in [-0.15, -0.1) is 0 Å². The molecule has 1 N–H and O–H groups in total. The second-order valence-electron chi connectivity index (χ2n) is 6.06. The highest BCUT2D eigenvalue weighted by molar-refractivity contribution is 5.26. The summed E-state index contributed by atoms with van der Waals surface area (Å²) in [4.78, 5) is 2.09. The first kappa shape index (κ1) is 18.0. The molecule has 1 rings (SSSR count). The van der Waals surface area contributed by atoms with Gasteiger partial charge in [-0.05, 0) is 52.5 Å². The van der Waals surface area contributed by atoms with Gasteiger partial charge in [-0.1, -0.05) is 25.1 Å². The first-order valence-corrected chi connectivity index (χ1v) is 7.16. The molecule has 0 fully saturated rings. The van der Waals surface area contributed by atoms with Gasteiger partial charge in [-0.3, -0.25) is 0 Å². The fraction of sp³-hybridized carbons (Fsp3) is 0.625. The number of nitrogens with one attached hydrogen (secondary N) is 1. The van der Waals surface area contributed by atoms with Crippen LogP contribution in [0.1, 0.15) is 31.9 Å². The SMILES string of the molecule is CCNC(Cc1cccc(C(F)(F)F)c1)C(C)(C)N(C)C. The van der Waals surface area contributed by atoms with Gasteiger partial charge in [0.15, 0.2) is 0 Å². The number of hydrogen-bond acceptors (Lipinski definition) is 2. The van der Waals surface area contributed by atoms with Gasteiger partial charge >= 0.3 is 6.18 Å². The molecule has 0 saturated carbocycles. The summed E-state index contributed by atoms with van der Waals surface area (Å²) in [7, 11) is 3.97. The second-order valence-corrected chi connectivity index (χ2v) is 6.06. The van der Waals surface area contributed by atoms with E-state index in [1.165, 1.54) is 12.1 Å². The number of benzene rings is 1. The summed E-state index contributed by atoms with van der Waals surface area (Å²) in [6.07, 6.45) is -3.73. The van der Waals surface area contributed by atoms with Crippen molar-refractivity contribution < 1.29 is 13.2 Å². The summed E-state index contributed by atoms with van der Waals surface area (Å²) < 4.78 is 38.4. The van der Waals surface area contributed by atoms with Crippen LogP contribution in [-0.2, 0) is 12.6 Å². The van der Waals surface area contributed by atoms with Gasteiger partial charge in [0.2, 0.25) is 0 Å². The van der Waals surface area contributed by atoms with Crippen LogP contribution in [0.3, 0.4) is 0 Å². The van der Waals surface area contributed by atoms with Crippen molar-refractivity contribution in [3.05, 3.63) is 35.4 Å². The lowest BCUT2D eigenvalue weighted by Gasteiger charge is -2.41.